The first-order valence-corrected chi connectivity index (χ1v) is 7.03. The fraction of sp³-hybridized carbons (Fsp3) is 0.600. The molecule has 1 atom stereocenters. The summed E-state index contributed by atoms with van der Waals surface area (Å²) in [4.78, 5) is 4.78. The van der Waals surface area contributed by atoms with E-state index in [1.54, 1.807) is 6.07 Å². The zero-order valence-electron chi connectivity index (χ0n) is 12.1. The van der Waals surface area contributed by atoms with Crippen molar-refractivity contribution in [2.45, 2.75) is 32.9 Å². The van der Waals surface area contributed by atoms with Gasteiger partial charge < -0.3 is 10.6 Å². The number of benzene rings is 1. The van der Waals surface area contributed by atoms with Crippen molar-refractivity contribution < 1.29 is 4.39 Å². The summed E-state index contributed by atoms with van der Waals surface area (Å²) in [6.07, 6.45) is 0. The molecule has 1 saturated heterocycles. The Kier molecular flexibility index (Phi) is 4.42. The lowest BCUT2D eigenvalue weighted by molar-refractivity contribution is 0.209. The van der Waals surface area contributed by atoms with Gasteiger partial charge in [-0.2, -0.15) is 0 Å². The average molecular weight is 265 g/mol. The smallest absolute Gasteiger partial charge is 0.123 e. The van der Waals surface area contributed by atoms with Crippen molar-refractivity contribution in [3.05, 3.63) is 29.6 Å². The first kappa shape index (κ1) is 14.3. The van der Waals surface area contributed by atoms with Crippen LogP contribution in [-0.2, 0) is 0 Å². The minimum Gasteiger partial charge on any atom is -0.369 e. The topological polar surface area (TPSA) is 32.5 Å². The molecule has 2 rings (SSSR count). The molecule has 0 aliphatic carbocycles. The molecule has 1 fully saturated rings. The summed E-state index contributed by atoms with van der Waals surface area (Å²) in [5, 5.41) is 0. The summed E-state index contributed by atoms with van der Waals surface area (Å²) in [6.45, 7) is 10.4. The molecule has 0 spiro atoms. The van der Waals surface area contributed by atoms with Crippen LogP contribution in [0.15, 0.2) is 18.2 Å². The highest BCUT2D eigenvalue weighted by Gasteiger charge is 2.21. The van der Waals surface area contributed by atoms with Crippen LogP contribution in [0.25, 0.3) is 0 Å². The lowest BCUT2D eigenvalue weighted by Gasteiger charge is -2.39. The maximum Gasteiger partial charge on any atom is 0.123 e. The molecule has 106 valence electrons. The fourth-order valence-electron chi connectivity index (χ4n) is 2.66. The number of nitrogens with zero attached hydrogens (tertiary/aromatic N) is 2. The molecule has 0 radical (unpaired) electrons. The van der Waals surface area contributed by atoms with E-state index in [1.807, 2.05) is 13.0 Å². The summed E-state index contributed by atoms with van der Waals surface area (Å²) in [6, 6.07) is 5.39. The third-order valence-corrected chi connectivity index (χ3v) is 3.87. The molecule has 2 N–H and O–H groups in total. The minimum atomic E-state index is -0.211. The van der Waals surface area contributed by atoms with E-state index in [0.717, 1.165) is 37.4 Å². The first-order chi connectivity index (χ1) is 8.99. The summed E-state index contributed by atoms with van der Waals surface area (Å²) < 4.78 is 13.4. The van der Waals surface area contributed by atoms with Crippen molar-refractivity contribution in [3.63, 3.8) is 0 Å². The molecule has 0 unspecified atom stereocenters. The molecule has 1 aliphatic rings. The summed E-state index contributed by atoms with van der Waals surface area (Å²) >= 11 is 0. The van der Waals surface area contributed by atoms with E-state index >= 15 is 0 Å². The van der Waals surface area contributed by atoms with Crippen molar-refractivity contribution in [3.8, 4) is 0 Å². The van der Waals surface area contributed by atoms with Crippen LogP contribution >= 0.6 is 0 Å². The van der Waals surface area contributed by atoms with Gasteiger partial charge in [-0.05, 0) is 44.5 Å². The predicted octanol–water partition coefficient (Wildman–Crippen LogP) is 2.38. The van der Waals surface area contributed by atoms with Crippen LogP contribution < -0.4 is 10.6 Å². The Hall–Kier alpha value is -1.13. The third-order valence-electron chi connectivity index (χ3n) is 3.87. The van der Waals surface area contributed by atoms with Crippen LogP contribution in [0.5, 0.6) is 0 Å². The highest BCUT2D eigenvalue weighted by molar-refractivity contribution is 5.55. The van der Waals surface area contributed by atoms with Crippen LogP contribution in [0.4, 0.5) is 10.1 Å². The second-order valence-corrected chi connectivity index (χ2v) is 5.61. The lowest BCUT2D eigenvalue weighted by atomic mass is 10.0. The second kappa shape index (κ2) is 5.88. The highest BCUT2D eigenvalue weighted by atomic mass is 19.1. The van der Waals surface area contributed by atoms with E-state index in [9.17, 15) is 4.39 Å². The number of rotatable bonds is 3. The number of anilines is 1. The van der Waals surface area contributed by atoms with Crippen LogP contribution in [0.1, 0.15) is 32.4 Å². The third kappa shape index (κ3) is 3.25. The Morgan fingerprint density at radius 1 is 1.11 bits per heavy atom. The average Bonchev–Trinajstić information content (AvgIpc) is 2.38. The van der Waals surface area contributed by atoms with Gasteiger partial charge in [0.25, 0.3) is 0 Å². The molecule has 4 heteroatoms. The Morgan fingerprint density at radius 3 is 2.26 bits per heavy atom. The van der Waals surface area contributed by atoms with E-state index in [-0.39, 0.29) is 11.9 Å². The van der Waals surface area contributed by atoms with Crippen LogP contribution in [0, 0.1) is 5.82 Å². The molecule has 0 amide bonds. The quantitative estimate of drug-likeness (QED) is 0.910. The number of hydrogen-bond donors (Lipinski definition) is 1. The van der Waals surface area contributed by atoms with Crippen molar-refractivity contribution in [1.29, 1.82) is 0 Å². The van der Waals surface area contributed by atoms with Gasteiger partial charge in [-0.3, -0.25) is 4.90 Å². The maximum absolute atomic E-state index is 13.4. The first-order valence-electron chi connectivity index (χ1n) is 7.03. The normalized spacial score (nSPS) is 18.9. The van der Waals surface area contributed by atoms with Crippen molar-refractivity contribution in [2.75, 3.05) is 31.1 Å². The molecule has 0 saturated carbocycles. The lowest BCUT2D eigenvalue weighted by Crippen LogP contribution is -2.49. The second-order valence-electron chi connectivity index (χ2n) is 5.61. The van der Waals surface area contributed by atoms with Gasteiger partial charge in [0, 0.05) is 44.0 Å². The maximum atomic E-state index is 13.4. The minimum absolute atomic E-state index is 0.145. The number of piperazine rings is 1. The molecule has 1 aromatic carbocycles. The summed E-state index contributed by atoms with van der Waals surface area (Å²) in [5.41, 5.74) is 7.95. The van der Waals surface area contributed by atoms with Gasteiger partial charge in [-0.15, -0.1) is 0 Å². The molecular weight excluding hydrogens is 241 g/mol. The van der Waals surface area contributed by atoms with Crippen molar-refractivity contribution in [2.24, 2.45) is 5.73 Å². The Bertz CT molecular complexity index is 423. The van der Waals surface area contributed by atoms with Crippen LogP contribution in [-0.4, -0.2) is 37.1 Å². The Labute approximate surface area is 115 Å². The summed E-state index contributed by atoms with van der Waals surface area (Å²) in [5.74, 6) is -0.211. The zero-order chi connectivity index (χ0) is 14.0. The molecule has 1 aliphatic heterocycles. The van der Waals surface area contributed by atoms with Gasteiger partial charge in [-0.25, -0.2) is 4.39 Å². The van der Waals surface area contributed by atoms with E-state index in [2.05, 4.69) is 23.6 Å². The van der Waals surface area contributed by atoms with E-state index in [1.165, 1.54) is 6.07 Å². The number of halogens is 1. The molecule has 1 heterocycles. The fourth-order valence-corrected chi connectivity index (χ4v) is 2.66. The van der Waals surface area contributed by atoms with Gasteiger partial charge in [0.15, 0.2) is 0 Å². The van der Waals surface area contributed by atoms with Gasteiger partial charge >= 0.3 is 0 Å². The monoisotopic (exact) mass is 265 g/mol. The van der Waals surface area contributed by atoms with E-state index < -0.39 is 0 Å². The van der Waals surface area contributed by atoms with Crippen molar-refractivity contribution in [1.82, 2.24) is 4.90 Å². The van der Waals surface area contributed by atoms with Crippen molar-refractivity contribution >= 4 is 5.69 Å². The zero-order valence-corrected chi connectivity index (χ0v) is 12.1. The van der Waals surface area contributed by atoms with Gasteiger partial charge in [-0.1, -0.05) is 0 Å². The van der Waals surface area contributed by atoms with Gasteiger partial charge in [0.2, 0.25) is 0 Å². The summed E-state index contributed by atoms with van der Waals surface area (Å²) in [7, 11) is 0. The SMILES string of the molecule is CC(C)N1CCN(c2ccc(F)cc2[C@@H](C)N)CC1. The van der Waals surface area contributed by atoms with Crippen LogP contribution in [0.2, 0.25) is 0 Å². The molecule has 19 heavy (non-hydrogen) atoms. The molecular formula is C15H24FN3. The number of hydrogen-bond acceptors (Lipinski definition) is 3. The molecule has 1 aromatic rings. The van der Waals surface area contributed by atoms with E-state index in [0.29, 0.717) is 6.04 Å². The van der Waals surface area contributed by atoms with E-state index in [4.69, 9.17) is 5.73 Å². The molecule has 0 aromatic heterocycles. The largest absolute Gasteiger partial charge is 0.369 e. The van der Waals surface area contributed by atoms with Crippen LogP contribution in [0.3, 0.4) is 0 Å². The molecule has 3 nitrogen and oxygen atoms in total. The Morgan fingerprint density at radius 2 is 1.74 bits per heavy atom. The van der Waals surface area contributed by atoms with Gasteiger partial charge in [0.1, 0.15) is 5.82 Å². The molecule has 0 bridgehead atoms. The highest BCUT2D eigenvalue weighted by Crippen LogP contribution is 2.27. The predicted molar refractivity (Wildman–Crippen MR) is 77.9 cm³/mol. The standard InChI is InChI=1S/C15H24FN3/c1-11(2)18-6-8-19(9-7-18)15-5-4-13(16)10-14(15)12(3)17/h4-5,10-12H,6-9,17H2,1-3H3/t12-/m1/s1. The Balaban J connectivity index is 2.15. The van der Waals surface area contributed by atoms with Gasteiger partial charge in [0.05, 0.1) is 0 Å². The number of nitrogens with two attached hydrogens (primary N) is 1.